The molecule has 3 N–H and O–H groups in total. The van der Waals surface area contributed by atoms with E-state index in [4.69, 9.17) is 10.5 Å². The summed E-state index contributed by atoms with van der Waals surface area (Å²) in [6.07, 6.45) is 1.11. The van der Waals surface area contributed by atoms with Gasteiger partial charge in [0.1, 0.15) is 5.75 Å². The molecule has 1 saturated heterocycles. The minimum atomic E-state index is -2.88. The maximum Gasteiger partial charge on any atom is 0.150 e. The van der Waals surface area contributed by atoms with Gasteiger partial charge in [0, 0.05) is 12.2 Å². The van der Waals surface area contributed by atoms with E-state index in [0.29, 0.717) is 19.4 Å². The molecule has 0 aromatic heterocycles. The number of rotatable bonds is 4. The minimum Gasteiger partial charge on any atom is -0.497 e. The number of methoxy groups -OCH3 is 1. The van der Waals surface area contributed by atoms with Crippen molar-refractivity contribution >= 4 is 15.5 Å². The Hall–Kier alpha value is -1.27. The monoisotopic (exact) mass is 284 g/mol. The summed E-state index contributed by atoms with van der Waals surface area (Å²) in [5, 5.41) is 3.39. The van der Waals surface area contributed by atoms with E-state index in [1.54, 1.807) is 7.11 Å². The van der Waals surface area contributed by atoms with Gasteiger partial charge in [0.15, 0.2) is 9.84 Å². The van der Waals surface area contributed by atoms with Crippen LogP contribution in [0.5, 0.6) is 5.75 Å². The summed E-state index contributed by atoms with van der Waals surface area (Å²) in [5.74, 6) is 1.19. The molecule has 2 rings (SSSR count). The van der Waals surface area contributed by atoms with Crippen LogP contribution < -0.4 is 15.8 Å². The van der Waals surface area contributed by atoms with E-state index in [1.807, 2.05) is 24.3 Å². The minimum absolute atomic E-state index is 0.202. The maximum absolute atomic E-state index is 11.5. The molecule has 0 radical (unpaired) electrons. The third-order valence-electron chi connectivity index (χ3n) is 3.67. The largest absolute Gasteiger partial charge is 0.497 e. The van der Waals surface area contributed by atoms with Crippen LogP contribution >= 0.6 is 0 Å². The predicted octanol–water partition coefficient (Wildman–Crippen LogP) is 1.01. The molecule has 0 aliphatic carbocycles. The molecule has 1 aromatic carbocycles. The van der Waals surface area contributed by atoms with Crippen LogP contribution in [0.1, 0.15) is 12.8 Å². The van der Waals surface area contributed by atoms with Gasteiger partial charge in [0.05, 0.1) is 24.2 Å². The third kappa shape index (κ3) is 3.39. The molecule has 1 aromatic rings. The molecule has 0 unspecified atom stereocenters. The Bertz CT molecular complexity index is 511. The Morgan fingerprint density at radius 1 is 1.26 bits per heavy atom. The lowest BCUT2D eigenvalue weighted by Crippen LogP contribution is -2.51. The molecule has 0 spiro atoms. The summed E-state index contributed by atoms with van der Waals surface area (Å²) in [5.41, 5.74) is 6.46. The second-order valence-corrected chi connectivity index (χ2v) is 7.29. The lowest BCUT2D eigenvalue weighted by Gasteiger charge is -2.37. The normalized spacial score (nSPS) is 20.7. The number of nitrogens with one attached hydrogen (secondary N) is 1. The summed E-state index contributed by atoms with van der Waals surface area (Å²) in [7, 11) is -1.26. The first-order valence-electron chi connectivity index (χ1n) is 6.31. The van der Waals surface area contributed by atoms with Crippen molar-refractivity contribution in [3.63, 3.8) is 0 Å². The number of nitrogens with two attached hydrogens (primary N) is 1. The lowest BCUT2D eigenvalue weighted by molar-refractivity contribution is 0.414. The van der Waals surface area contributed by atoms with Crippen LogP contribution in [0.2, 0.25) is 0 Å². The Morgan fingerprint density at radius 2 is 1.84 bits per heavy atom. The Kier molecular flexibility index (Phi) is 4.01. The molecule has 19 heavy (non-hydrogen) atoms. The van der Waals surface area contributed by atoms with E-state index in [0.717, 1.165) is 11.4 Å². The zero-order valence-electron chi connectivity index (χ0n) is 11.1. The molecular formula is C13H20N2O3S. The highest BCUT2D eigenvalue weighted by Gasteiger charge is 2.36. The van der Waals surface area contributed by atoms with Gasteiger partial charge in [-0.25, -0.2) is 8.42 Å². The molecule has 0 saturated carbocycles. The SMILES string of the molecule is COc1ccc(NC2(CN)CCS(=O)(=O)CC2)cc1. The van der Waals surface area contributed by atoms with Gasteiger partial charge in [-0.15, -0.1) is 0 Å². The third-order valence-corrected chi connectivity index (χ3v) is 5.33. The average Bonchev–Trinajstić information content (AvgIpc) is 2.42. The topological polar surface area (TPSA) is 81.4 Å². The van der Waals surface area contributed by atoms with Crippen LogP contribution in [0.15, 0.2) is 24.3 Å². The molecule has 6 heteroatoms. The van der Waals surface area contributed by atoms with E-state index in [-0.39, 0.29) is 17.0 Å². The highest BCUT2D eigenvalue weighted by Crippen LogP contribution is 2.28. The zero-order chi connectivity index (χ0) is 13.9. The van der Waals surface area contributed by atoms with E-state index < -0.39 is 9.84 Å². The van der Waals surface area contributed by atoms with Gasteiger partial charge in [-0.1, -0.05) is 0 Å². The summed E-state index contributed by atoms with van der Waals surface area (Å²) in [6, 6.07) is 7.57. The van der Waals surface area contributed by atoms with Crippen LogP contribution in [0, 0.1) is 0 Å². The van der Waals surface area contributed by atoms with Gasteiger partial charge in [0.2, 0.25) is 0 Å². The summed E-state index contributed by atoms with van der Waals surface area (Å²) in [4.78, 5) is 0. The van der Waals surface area contributed by atoms with Crippen molar-refractivity contribution in [1.29, 1.82) is 0 Å². The molecule has 0 bridgehead atoms. The molecule has 0 atom stereocenters. The second kappa shape index (κ2) is 5.38. The number of benzene rings is 1. The van der Waals surface area contributed by atoms with Crippen molar-refractivity contribution in [2.45, 2.75) is 18.4 Å². The summed E-state index contributed by atoms with van der Waals surface area (Å²) >= 11 is 0. The first kappa shape index (κ1) is 14.1. The van der Waals surface area contributed by atoms with Gasteiger partial charge < -0.3 is 15.8 Å². The first-order valence-corrected chi connectivity index (χ1v) is 8.13. The van der Waals surface area contributed by atoms with Crippen molar-refractivity contribution in [2.75, 3.05) is 30.5 Å². The van der Waals surface area contributed by atoms with Crippen molar-refractivity contribution in [3.05, 3.63) is 24.3 Å². The van der Waals surface area contributed by atoms with Crippen LogP contribution in [0.25, 0.3) is 0 Å². The molecule has 1 aliphatic heterocycles. The number of hydrogen-bond donors (Lipinski definition) is 2. The highest BCUT2D eigenvalue weighted by atomic mass is 32.2. The van der Waals surface area contributed by atoms with Gasteiger partial charge >= 0.3 is 0 Å². The van der Waals surface area contributed by atoms with Gasteiger partial charge in [-0.05, 0) is 37.1 Å². The number of anilines is 1. The van der Waals surface area contributed by atoms with E-state index in [2.05, 4.69) is 5.32 Å². The summed E-state index contributed by atoms with van der Waals surface area (Å²) in [6.45, 7) is 0.425. The second-order valence-electron chi connectivity index (χ2n) is 4.99. The Balaban J connectivity index is 2.10. The zero-order valence-corrected chi connectivity index (χ0v) is 11.9. The number of ether oxygens (including phenoxy) is 1. The Morgan fingerprint density at radius 3 is 2.32 bits per heavy atom. The molecule has 1 fully saturated rings. The van der Waals surface area contributed by atoms with E-state index >= 15 is 0 Å². The molecule has 1 aliphatic rings. The summed E-state index contributed by atoms with van der Waals surface area (Å²) < 4.78 is 28.1. The highest BCUT2D eigenvalue weighted by molar-refractivity contribution is 7.91. The molecular weight excluding hydrogens is 264 g/mol. The quantitative estimate of drug-likeness (QED) is 0.862. The van der Waals surface area contributed by atoms with Crippen molar-refractivity contribution < 1.29 is 13.2 Å². The van der Waals surface area contributed by atoms with Gasteiger partial charge in [-0.2, -0.15) is 0 Å². The van der Waals surface area contributed by atoms with Gasteiger partial charge in [-0.3, -0.25) is 0 Å². The molecule has 106 valence electrons. The fourth-order valence-electron chi connectivity index (χ4n) is 2.29. The fourth-order valence-corrected chi connectivity index (χ4v) is 3.90. The van der Waals surface area contributed by atoms with Gasteiger partial charge in [0.25, 0.3) is 0 Å². The van der Waals surface area contributed by atoms with Crippen LogP contribution in [0.4, 0.5) is 5.69 Å². The average molecular weight is 284 g/mol. The fraction of sp³-hybridized carbons (Fsp3) is 0.538. The molecule has 5 nitrogen and oxygen atoms in total. The first-order chi connectivity index (χ1) is 8.99. The van der Waals surface area contributed by atoms with Crippen LogP contribution in [0.3, 0.4) is 0 Å². The smallest absolute Gasteiger partial charge is 0.150 e. The van der Waals surface area contributed by atoms with Crippen molar-refractivity contribution in [3.8, 4) is 5.75 Å². The predicted molar refractivity (Wildman–Crippen MR) is 76.3 cm³/mol. The van der Waals surface area contributed by atoms with E-state index in [9.17, 15) is 8.42 Å². The Labute approximate surface area is 114 Å². The maximum atomic E-state index is 11.5. The van der Waals surface area contributed by atoms with Crippen LogP contribution in [-0.4, -0.2) is 39.1 Å². The van der Waals surface area contributed by atoms with Crippen molar-refractivity contribution in [2.24, 2.45) is 5.73 Å². The number of sulfone groups is 1. The number of hydrogen-bond acceptors (Lipinski definition) is 5. The lowest BCUT2D eigenvalue weighted by atomic mass is 9.92. The molecule has 1 heterocycles. The molecule has 0 amide bonds. The van der Waals surface area contributed by atoms with Crippen molar-refractivity contribution in [1.82, 2.24) is 0 Å². The standard InChI is InChI=1S/C13H20N2O3S/c1-18-12-4-2-11(3-5-12)15-13(10-14)6-8-19(16,17)9-7-13/h2-5,15H,6-10,14H2,1H3. The van der Waals surface area contributed by atoms with Crippen LogP contribution in [-0.2, 0) is 9.84 Å². The van der Waals surface area contributed by atoms with E-state index in [1.165, 1.54) is 0 Å².